The molecule has 5 heteroatoms. The molecule has 0 aliphatic heterocycles. The highest BCUT2D eigenvalue weighted by molar-refractivity contribution is 5.82. The molecule has 0 aliphatic carbocycles. The fraction of sp³-hybridized carbons (Fsp3) is 0.455. The van der Waals surface area contributed by atoms with Crippen LogP contribution >= 0.6 is 0 Å². The summed E-state index contributed by atoms with van der Waals surface area (Å²) in [6, 6.07) is -0.577. The minimum atomic E-state index is -1.02. The summed E-state index contributed by atoms with van der Waals surface area (Å²) >= 11 is 0. The number of hydrogen-bond acceptors (Lipinski definition) is 3. The minimum absolute atomic E-state index is 0.120. The van der Waals surface area contributed by atoms with E-state index in [0.29, 0.717) is 6.54 Å². The van der Waals surface area contributed by atoms with E-state index in [4.69, 9.17) is 11.5 Å². The molecule has 0 saturated carbocycles. The predicted octanol–water partition coefficient (Wildman–Crippen LogP) is -0.303. The highest BCUT2D eigenvalue weighted by Crippen LogP contribution is 1.98. The second kappa shape index (κ2) is 7.49. The number of aliphatic carboxylic acids is 1. The van der Waals surface area contributed by atoms with Gasteiger partial charge in [0.05, 0.1) is 19.1 Å². The number of amides is 1. The Labute approximate surface area is 95.1 Å². The number of terminal acetylenes is 1. The summed E-state index contributed by atoms with van der Waals surface area (Å²) in [5.74, 6) is 1.05. The normalized spacial score (nSPS) is 11.6. The van der Waals surface area contributed by atoms with Crippen molar-refractivity contribution in [1.82, 2.24) is 10.2 Å². The summed E-state index contributed by atoms with van der Waals surface area (Å²) in [5, 5.41) is 11.2. The summed E-state index contributed by atoms with van der Waals surface area (Å²) in [7, 11) is 0. The Morgan fingerprint density at radius 1 is 1.69 bits per heavy atom. The molecule has 0 aliphatic rings. The number of rotatable bonds is 7. The predicted molar refractivity (Wildman–Crippen MR) is 60.7 cm³/mol. The van der Waals surface area contributed by atoms with E-state index in [1.165, 1.54) is 4.90 Å². The van der Waals surface area contributed by atoms with Crippen molar-refractivity contribution in [1.29, 1.82) is 0 Å². The van der Waals surface area contributed by atoms with Gasteiger partial charge in [-0.15, -0.1) is 13.0 Å². The molecular formula is C11H16N2O3. The molecule has 1 unspecified atom stereocenters. The molecule has 0 bridgehead atoms. The Kier molecular flexibility index (Phi) is 6.64. The highest BCUT2D eigenvalue weighted by atomic mass is 16.4. The minimum Gasteiger partial charge on any atom is -0.480 e. The zero-order valence-corrected chi connectivity index (χ0v) is 9.27. The first-order valence-corrected chi connectivity index (χ1v) is 4.80. The van der Waals surface area contributed by atoms with Crippen molar-refractivity contribution in [2.24, 2.45) is 0 Å². The third-order valence-corrected chi connectivity index (χ3v) is 1.98. The highest BCUT2D eigenvalue weighted by Gasteiger charge is 2.21. The van der Waals surface area contributed by atoms with Crippen LogP contribution in [-0.4, -0.2) is 47.6 Å². The van der Waals surface area contributed by atoms with Crippen LogP contribution in [0.1, 0.15) is 6.92 Å². The average Bonchev–Trinajstić information content (AvgIpc) is 2.23. The van der Waals surface area contributed by atoms with Crippen molar-refractivity contribution >= 4 is 11.9 Å². The van der Waals surface area contributed by atoms with Gasteiger partial charge in [-0.2, -0.15) is 0 Å². The Bertz CT molecular complexity index is 307. The van der Waals surface area contributed by atoms with E-state index in [-0.39, 0.29) is 19.0 Å². The third-order valence-electron chi connectivity index (χ3n) is 1.98. The summed E-state index contributed by atoms with van der Waals surface area (Å²) < 4.78 is 0. The van der Waals surface area contributed by atoms with Gasteiger partial charge in [0.15, 0.2) is 0 Å². The lowest BCUT2D eigenvalue weighted by atomic mass is 10.2. The standard InChI is InChI=1S/C11H16N2O3/c1-4-6-12-11(16)9(3)13(7-5-2)8-10(14)15/h2,4,9H,1,6-8H2,3H3,(H,12,16)(H,14,15). The van der Waals surface area contributed by atoms with Crippen LogP contribution in [-0.2, 0) is 9.59 Å². The average molecular weight is 224 g/mol. The quantitative estimate of drug-likeness (QED) is 0.460. The smallest absolute Gasteiger partial charge is 0.317 e. The first-order chi connectivity index (χ1) is 7.52. The summed E-state index contributed by atoms with van der Waals surface area (Å²) in [6.45, 7) is 5.29. The molecule has 0 rings (SSSR count). The van der Waals surface area contributed by atoms with Crippen molar-refractivity contribution in [3.05, 3.63) is 12.7 Å². The van der Waals surface area contributed by atoms with Crippen LogP contribution in [0.3, 0.4) is 0 Å². The van der Waals surface area contributed by atoms with Gasteiger partial charge in [0.2, 0.25) is 5.91 Å². The van der Waals surface area contributed by atoms with Gasteiger partial charge >= 0.3 is 5.97 Å². The fourth-order valence-corrected chi connectivity index (χ4v) is 1.11. The SMILES string of the molecule is C#CCN(CC(=O)O)C(C)C(=O)NCC=C. The van der Waals surface area contributed by atoms with Crippen molar-refractivity contribution in [2.75, 3.05) is 19.6 Å². The molecule has 0 fully saturated rings. The lowest BCUT2D eigenvalue weighted by molar-refractivity contribution is -0.139. The molecule has 16 heavy (non-hydrogen) atoms. The van der Waals surface area contributed by atoms with Gasteiger partial charge in [-0.1, -0.05) is 12.0 Å². The van der Waals surface area contributed by atoms with Gasteiger partial charge in [-0.3, -0.25) is 14.5 Å². The molecule has 1 amide bonds. The topological polar surface area (TPSA) is 69.6 Å². The molecule has 88 valence electrons. The Hall–Kier alpha value is -1.80. The molecular weight excluding hydrogens is 208 g/mol. The lowest BCUT2D eigenvalue weighted by Crippen LogP contribution is -2.47. The van der Waals surface area contributed by atoms with Gasteiger partial charge in [0, 0.05) is 6.54 Å². The zero-order valence-electron chi connectivity index (χ0n) is 9.27. The van der Waals surface area contributed by atoms with Crippen LogP contribution in [0.15, 0.2) is 12.7 Å². The van der Waals surface area contributed by atoms with Crippen LogP contribution in [0.4, 0.5) is 0 Å². The Balaban J connectivity index is 4.41. The number of carbonyl (C=O) groups is 2. The maximum Gasteiger partial charge on any atom is 0.317 e. The van der Waals surface area contributed by atoms with Gasteiger partial charge in [-0.05, 0) is 6.92 Å². The van der Waals surface area contributed by atoms with E-state index >= 15 is 0 Å². The van der Waals surface area contributed by atoms with E-state index in [1.807, 2.05) is 0 Å². The fourth-order valence-electron chi connectivity index (χ4n) is 1.11. The first-order valence-electron chi connectivity index (χ1n) is 4.80. The molecule has 2 N–H and O–H groups in total. The van der Waals surface area contributed by atoms with E-state index in [2.05, 4.69) is 17.8 Å². The molecule has 0 spiro atoms. The van der Waals surface area contributed by atoms with Crippen molar-refractivity contribution in [2.45, 2.75) is 13.0 Å². The lowest BCUT2D eigenvalue weighted by Gasteiger charge is -2.24. The summed E-state index contributed by atoms with van der Waals surface area (Å²) in [4.78, 5) is 23.5. The maximum absolute atomic E-state index is 11.5. The van der Waals surface area contributed by atoms with Gasteiger partial charge in [0.1, 0.15) is 0 Å². The van der Waals surface area contributed by atoms with Crippen molar-refractivity contribution in [3.63, 3.8) is 0 Å². The number of carbonyl (C=O) groups excluding carboxylic acids is 1. The molecule has 5 nitrogen and oxygen atoms in total. The monoisotopic (exact) mass is 224 g/mol. The molecule has 0 aromatic rings. The van der Waals surface area contributed by atoms with E-state index in [9.17, 15) is 9.59 Å². The first kappa shape index (κ1) is 14.2. The van der Waals surface area contributed by atoms with Crippen LogP contribution in [0.2, 0.25) is 0 Å². The number of nitrogens with one attached hydrogen (secondary N) is 1. The van der Waals surface area contributed by atoms with Crippen LogP contribution in [0.25, 0.3) is 0 Å². The van der Waals surface area contributed by atoms with Crippen molar-refractivity contribution in [3.8, 4) is 12.3 Å². The number of carboxylic acid groups (broad SMARTS) is 1. The van der Waals surface area contributed by atoms with E-state index in [0.717, 1.165) is 0 Å². The molecule has 1 atom stereocenters. The largest absolute Gasteiger partial charge is 0.480 e. The van der Waals surface area contributed by atoms with Gasteiger partial charge in [0.25, 0.3) is 0 Å². The van der Waals surface area contributed by atoms with Crippen molar-refractivity contribution < 1.29 is 14.7 Å². The summed E-state index contributed by atoms with van der Waals surface area (Å²) in [5.41, 5.74) is 0. The zero-order chi connectivity index (χ0) is 12.6. The van der Waals surface area contributed by atoms with Crippen LogP contribution in [0.5, 0.6) is 0 Å². The van der Waals surface area contributed by atoms with Crippen LogP contribution < -0.4 is 5.32 Å². The number of nitrogens with zero attached hydrogens (tertiary/aromatic N) is 1. The second-order valence-electron chi connectivity index (χ2n) is 3.21. The molecule has 0 aromatic heterocycles. The Morgan fingerprint density at radius 3 is 2.75 bits per heavy atom. The molecule has 0 radical (unpaired) electrons. The molecule has 0 saturated heterocycles. The second-order valence-corrected chi connectivity index (χ2v) is 3.21. The van der Waals surface area contributed by atoms with Gasteiger partial charge < -0.3 is 10.4 Å². The number of hydrogen-bond donors (Lipinski definition) is 2. The number of carboxylic acids is 1. The maximum atomic E-state index is 11.5. The Morgan fingerprint density at radius 2 is 2.31 bits per heavy atom. The molecule has 0 heterocycles. The van der Waals surface area contributed by atoms with E-state index < -0.39 is 12.0 Å². The van der Waals surface area contributed by atoms with E-state index in [1.54, 1.807) is 13.0 Å². The van der Waals surface area contributed by atoms with Gasteiger partial charge in [-0.25, -0.2) is 0 Å². The van der Waals surface area contributed by atoms with Crippen LogP contribution in [0, 0.1) is 12.3 Å². The molecule has 0 aromatic carbocycles. The third kappa shape index (κ3) is 5.17. The summed E-state index contributed by atoms with van der Waals surface area (Å²) in [6.07, 6.45) is 6.66.